The summed E-state index contributed by atoms with van der Waals surface area (Å²) in [7, 11) is 0. The molecule has 1 aromatic heterocycles. The third-order valence-electron chi connectivity index (χ3n) is 5.93. The van der Waals surface area contributed by atoms with Crippen molar-refractivity contribution >= 4 is 45.6 Å². The minimum Gasteiger partial charge on any atom is -0.374 e. The van der Waals surface area contributed by atoms with E-state index in [-0.39, 0.29) is 36.0 Å². The number of anilines is 1. The van der Waals surface area contributed by atoms with Gasteiger partial charge in [0, 0.05) is 35.1 Å². The van der Waals surface area contributed by atoms with E-state index in [0.717, 1.165) is 17.2 Å². The highest BCUT2D eigenvalue weighted by Crippen LogP contribution is 2.37. The Bertz CT molecular complexity index is 1350. The number of hydrogen-bond donors (Lipinski definition) is 2. The molecule has 0 spiro atoms. The summed E-state index contributed by atoms with van der Waals surface area (Å²) in [5, 5.41) is 13.5. The van der Waals surface area contributed by atoms with Crippen LogP contribution in [0.5, 0.6) is 0 Å². The Morgan fingerprint density at radius 2 is 2.09 bits per heavy atom. The van der Waals surface area contributed by atoms with Crippen molar-refractivity contribution in [3.05, 3.63) is 73.4 Å². The number of hydrogen-bond acceptors (Lipinski definition) is 4. The molecule has 0 bridgehead atoms. The van der Waals surface area contributed by atoms with Crippen molar-refractivity contribution < 1.29 is 9.18 Å². The summed E-state index contributed by atoms with van der Waals surface area (Å²) < 4.78 is 14.6. The Labute approximate surface area is 199 Å². The topological polar surface area (TPSA) is 89.0 Å². The first-order chi connectivity index (χ1) is 15.8. The molecule has 0 unspecified atom stereocenters. The average molecular weight is 487 g/mol. The normalized spacial score (nSPS) is 15.2. The molecule has 4 rings (SSSR count). The summed E-state index contributed by atoms with van der Waals surface area (Å²) in [5.74, 6) is -0.820. The second kappa shape index (κ2) is 9.42. The van der Waals surface area contributed by atoms with Crippen molar-refractivity contribution in [3.63, 3.8) is 0 Å². The second-order valence-corrected chi connectivity index (χ2v) is 8.87. The molecule has 6 nitrogen and oxygen atoms in total. The highest BCUT2D eigenvalue weighted by atomic mass is 35.5. The van der Waals surface area contributed by atoms with Gasteiger partial charge in [0.2, 0.25) is 5.91 Å². The number of halogens is 3. The molecule has 0 aliphatic carbocycles. The second-order valence-electron chi connectivity index (χ2n) is 8.03. The van der Waals surface area contributed by atoms with Gasteiger partial charge in [-0.05, 0) is 60.2 Å². The van der Waals surface area contributed by atoms with Crippen LogP contribution in [0.2, 0.25) is 10.0 Å². The zero-order chi connectivity index (χ0) is 23.7. The van der Waals surface area contributed by atoms with Crippen LogP contribution >= 0.6 is 23.2 Å². The van der Waals surface area contributed by atoms with Gasteiger partial charge in [-0.3, -0.25) is 9.59 Å². The molecular weight excluding hydrogens is 466 g/mol. The summed E-state index contributed by atoms with van der Waals surface area (Å²) in [6.45, 7) is 2.29. The Kier molecular flexibility index (Phi) is 6.59. The standard InChI is InChI=1S/C24H21Cl2FN4O2/c1-13-23-14(7-16(25)10-19(23)26)4-6-31(13)22(32)12-29-21-9-15-8-17(3-2-5-28)30-24(33)18(15)11-20(21)27/h7-11,13,29H,2-4,6,12H2,1H3,(H,30,33)/t13-/m1/s1. The summed E-state index contributed by atoms with van der Waals surface area (Å²) >= 11 is 12.5. The number of amides is 1. The quantitative estimate of drug-likeness (QED) is 0.531. The van der Waals surface area contributed by atoms with Gasteiger partial charge in [0.15, 0.2) is 0 Å². The minimum atomic E-state index is -0.625. The molecule has 1 atom stereocenters. The first-order valence-corrected chi connectivity index (χ1v) is 11.3. The fourth-order valence-corrected chi connectivity index (χ4v) is 5.01. The third-order valence-corrected chi connectivity index (χ3v) is 6.46. The molecule has 0 saturated heterocycles. The van der Waals surface area contributed by atoms with E-state index in [1.54, 1.807) is 17.0 Å². The van der Waals surface area contributed by atoms with Gasteiger partial charge < -0.3 is 15.2 Å². The van der Waals surface area contributed by atoms with E-state index >= 15 is 0 Å². The van der Waals surface area contributed by atoms with Crippen LogP contribution in [0.4, 0.5) is 10.1 Å². The van der Waals surface area contributed by atoms with Crippen LogP contribution in [0.25, 0.3) is 10.8 Å². The van der Waals surface area contributed by atoms with Crippen LogP contribution in [0, 0.1) is 17.1 Å². The number of pyridine rings is 1. The number of nitrogens with one attached hydrogen (secondary N) is 2. The van der Waals surface area contributed by atoms with Gasteiger partial charge in [-0.15, -0.1) is 0 Å². The van der Waals surface area contributed by atoms with E-state index in [2.05, 4.69) is 10.3 Å². The highest BCUT2D eigenvalue weighted by Gasteiger charge is 2.29. The number of carbonyl (C=O) groups excluding carboxylic acids is 1. The lowest BCUT2D eigenvalue weighted by Crippen LogP contribution is -2.42. The van der Waals surface area contributed by atoms with Gasteiger partial charge in [-0.2, -0.15) is 5.26 Å². The van der Waals surface area contributed by atoms with E-state index in [1.807, 2.05) is 19.1 Å². The largest absolute Gasteiger partial charge is 0.374 e. The van der Waals surface area contributed by atoms with Gasteiger partial charge in [0.05, 0.1) is 29.7 Å². The SMILES string of the molecule is C[C@@H]1c2c(Cl)cc(Cl)cc2CCN1C(=O)CNc1cc2cc(CCC#N)[nH]c(=O)c2cc1F. The molecule has 9 heteroatoms. The number of rotatable bonds is 5. The summed E-state index contributed by atoms with van der Waals surface area (Å²) in [5.41, 5.74) is 2.21. The van der Waals surface area contributed by atoms with Gasteiger partial charge in [0.1, 0.15) is 5.82 Å². The van der Waals surface area contributed by atoms with Crippen LogP contribution in [0.1, 0.15) is 36.2 Å². The number of aromatic amines is 1. The molecule has 0 fully saturated rings. The molecule has 33 heavy (non-hydrogen) atoms. The average Bonchev–Trinajstić information content (AvgIpc) is 2.76. The van der Waals surface area contributed by atoms with E-state index in [4.69, 9.17) is 28.5 Å². The van der Waals surface area contributed by atoms with Crippen molar-refractivity contribution in [1.82, 2.24) is 9.88 Å². The molecule has 1 aliphatic rings. The minimum absolute atomic E-state index is 0.113. The Hall–Kier alpha value is -3.08. The Balaban J connectivity index is 1.53. The van der Waals surface area contributed by atoms with Crippen LogP contribution in [0.15, 0.2) is 35.1 Å². The maximum atomic E-state index is 14.6. The fourth-order valence-electron chi connectivity index (χ4n) is 4.32. The number of aromatic nitrogens is 1. The van der Waals surface area contributed by atoms with Crippen molar-refractivity contribution in [2.24, 2.45) is 0 Å². The third kappa shape index (κ3) is 4.68. The van der Waals surface area contributed by atoms with Crippen molar-refractivity contribution in [2.75, 3.05) is 18.4 Å². The fraction of sp³-hybridized carbons (Fsp3) is 0.292. The van der Waals surface area contributed by atoms with Gasteiger partial charge in [0.25, 0.3) is 5.56 Å². The molecule has 170 valence electrons. The lowest BCUT2D eigenvalue weighted by Gasteiger charge is -2.36. The van der Waals surface area contributed by atoms with E-state index in [1.165, 1.54) is 6.07 Å². The maximum absolute atomic E-state index is 14.6. The van der Waals surface area contributed by atoms with E-state index in [9.17, 15) is 14.0 Å². The zero-order valence-electron chi connectivity index (χ0n) is 17.8. The van der Waals surface area contributed by atoms with E-state index < -0.39 is 11.4 Å². The van der Waals surface area contributed by atoms with Crippen LogP contribution < -0.4 is 10.9 Å². The number of benzene rings is 2. The number of fused-ring (bicyclic) bond motifs is 2. The molecule has 0 radical (unpaired) electrons. The molecular formula is C24H21Cl2FN4O2. The molecule has 0 saturated carbocycles. The molecule has 2 heterocycles. The number of nitrogens with zero attached hydrogens (tertiary/aromatic N) is 2. The predicted molar refractivity (Wildman–Crippen MR) is 127 cm³/mol. The van der Waals surface area contributed by atoms with E-state index in [0.29, 0.717) is 40.5 Å². The van der Waals surface area contributed by atoms with Gasteiger partial charge >= 0.3 is 0 Å². The Morgan fingerprint density at radius 1 is 1.30 bits per heavy atom. The van der Waals surface area contributed by atoms with Gasteiger partial charge in [-0.1, -0.05) is 23.2 Å². The number of nitriles is 1. The molecule has 2 aromatic carbocycles. The lowest BCUT2D eigenvalue weighted by atomic mass is 9.93. The molecule has 3 aromatic rings. The van der Waals surface area contributed by atoms with Crippen molar-refractivity contribution in [2.45, 2.75) is 32.2 Å². The zero-order valence-corrected chi connectivity index (χ0v) is 19.4. The number of carbonyl (C=O) groups is 1. The van der Waals surface area contributed by atoms with Crippen LogP contribution in [0.3, 0.4) is 0 Å². The monoisotopic (exact) mass is 486 g/mol. The van der Waals surface area contributed by atoms with Crippen LogP contribution in [-0.2, 0) is 17.6 Å². The summed E-state index contributed by atoms with van der Waals surface area (Å²) in [6.07, 6.45) is 1.28. The van der Waals surface area contributed by atoms with Crippen LogP contribution in [-0.4, -0.2) is 28.9 Å². The summed E-state index contributed by atoms with van der Waals surface area (Å²) in [4.78, 5) is 29.6. The Morgan fingerprint density at radius 3 is 2.85 bits per heavy atom. The molecule has 2 N–H and O–H groups in total. The molecule has 1 amide bonds. The smallest absolute Gasteiger partial charge is 0.256 e. The predicted octanol–water partition coefficient (Wildman–Crippen LogP) is 4.99. The first-order valence-electron chi connectivity index (χ1n) is 10.5. The number of H-pyrrole nitrogens is 1. The molecule has 1 aliphatic heterocycles. The maximum Gasteiger partial charge on any atom is 0.256 e. The first kappa shape index (κ1) is 23.1. The highest BCUT2D eigenvalue weighted by molar-refractivity contribution is 6.35. The van der Waals surface area contributed by atoms with Crippen molar-refractivity contribution in [3.8, 4) is 6.07 Å². The van der Waals surface area contributed by atoms with Crippen molar-refractivity contribution in [1.29, 1.82) is 5.26 Å². The number of aryl methyl sites for hydroxylation is 1. The van der Waals surface area contributed by atoms with Gasteiger partial charge in [-0.25, -0.2) is 4.39 Å². The lowest BCUT2D eigenvalue weighted by molar-refractivity contribution is -0.131. The summed E-state index contributed by atoms with van der Waals surface area (Å²) in [6, 6.07) is 9.71.